The van der Waals surface area contributed by atoms with Gasteiger partial charge in [-0.1, -0.05) is 6.92 Å². The van der Waals surface area contributed by atoms with Gasteiger partial charge in [0.1, 0.15) is 0 Å². The van der Waals surface area contributed by atoms with Crippen LogP contribution in [0.5, 0.6) is 0 Å². The summed E-state index contributed by atoms with van der Waals surface area (Å²) in [5, 5.41) is 10.0. The molecule has 7 nitrogen and oxygen atoms in total. The number of hydrogen-bond acceptors (Lipinski definition) is 3. The molecule has 3 amide bonds. The van der Waals surface area contributed by atoms with Gasteiger partial charge in [0.2, 0.25) is 5.91 Å². The van der Waals surface area contributed by atoms with Gasteiger partial charge in [-0.25, -0.2) is 9.48 Å². The lowest BCUT2D eigenvalue weighted by Crippen LogP contribution is -2.40. The summed E-state index contributed by atoms with van der Waals surface area (Å²) in [6.45, 7) is 5.08. The topological polar surface area (TPSA) is 79.3 Å². The van der Waals surface area contributed by atoms with Crippen molar-refractivity contribution in [1.82, 2.24) is 20.0 Å². The summed E-state index contributed by atoms with van der Waals surface area (Å²) in [5.74, 6) is 0.134. The number of nitrogens with zero attached hydrogens (tertiary/aromatic N) is 3. The predicted molar refractivity (Wildman–Crippen MR) is 95.7 cm³/mol. The number of amides is 3. The smallest absolute Gasteiger partial charge is 0.319 e. The molecule has 3 rings (SSSR count). The Morgan fingerprint density at radius 2 is 2.20 bits per heavy atom. The van der Waals surface area contributed by atoms with Crippen LogP contribution in [0, 0.1) is 6.92 Å². The van der Waals surface area contributed by atoms with Crippen LogP contribution in [0.25, 0.3) is 5.69 Å². The molecule has 0 spiro atoms. The van der Waals surface area contributed by atoms with Crippen LogP contribution in [0.2, 0.25) is 0 Å². The maximum atomic E-state index is 12.2. The van der Waals surface area contributed by atoms with E-state index in [1.165, 1.54) is 0 Å². The van der Waals surface area contributed by atoms with Gasteiger partial charge in [-0.3, -0.25) is 4.79 Å². The monoisotopic (exact) mass is 341 g/mol. The lowest BCUT2D eigenvalue weighted by molar-refractivity contribution is -0.129. The molecule has 132 valence electrons. The summed E-state index contributed by atoms with van der Waals surface area (Å²) in [4.78, 5) is 25.7. The highest BCUT2D eigenvalue weighted by Gasteiger charge is 2.26. The molecule has 1 aliphatic heterocycles. The number of aryl methyl sites for hydroxylation is 1. The molecule has 1 aliphatic rings. The molecule has 1 atom stereocenters. The summed E-state index contributed by atoms with van der Waals surface area (Å²) in [6, 6.07) is 7.37. The minimum atomic E-state index is -0.245. The number of likely N-dealkylation sites (tertiary alicyclic amines) is 1. The summed E-state index contributed by atoms with van der Waals surface area (Å²) in [7, 11) is 0. The number of anilines is 1. The third-order valence-corrected chi connectivity index (χ3v) is 4.41. The number of benzene rings is 1. The Kier molecular flexibility index (Phi) is 5.02. The Bertz CT molecular complexity index is 757. The molecule has 1 unspecified atom stereocenters. The number of nitrogens with one attached hydrogen (secondary N) is 2. The van der Waals surface area contributed by atoms with Crippen molar-refractivity contribution in [2.45, 2.75) is 32.7 Å². The van der Waals surface area contributed by atoms with Crippen LogP contribution in [0.15, 0.2) is 36.7 Å². The van der Waals surface area contributed by atoms with E-state index in [9.17, 15) is 9.59 Å². The van der Waals surface area contributed by atoms with Crippen LogP contribution in [0.1, 0.15) is 25.3 Å². The zero-order valence-corrected chi connectivity index (χ0v) is 14.5. The second-order valence-corrected chi connectivity index (χ2v) is 6.23. The molecule has 2 heterocycles. The first-order valence-electron chi connectivity index (χ1n) is 8.52. The number of urea groups is 1. The van der Waals surface area contributed by atoms with Crippen molar-refractivity contribution in [1.29, 1.82) is 0 Å². The largest absolute Gasteiger partial charge is 0.341 e. The molecule has 1 aromatic carbocycles. The molecule has 1 fully saturated rings. The average Bonchev–Trinajstić information content (AvgIpc) is 3.27. The first-order chi connectivity index (χ1) is 12.1. The highest BCUT2D eigenvalue weighted by Crippen LogP contribution is 2.19. The van der Waals surface area contributed by atoms with E-state index in [1.54, 1.807) is 15.8 Å². The van der Waals surface area contributed by atoms with E-state index in [-0.39, 0.29) is 18.0 Å². The third kappa shape index (κ3) is 3.99. The van der Waals surface area contributed by atoms with Crippen molar-refractivity contribution in [2.24, 2.45) is 0 Å². The Balaban J connectivity index is 1.57. The van der Waals surface area contributed by atoms with Gasteiger partial charge in [0, 0.05) is 43.6 Å². The molecule has 0 aliphatic carbocycles. The van der Waals surface area contributed by atoms with Crippen LogP contribution < -0.4 is 10.6 Å². The minimum Gasteiger partial charge on any atom is -0.341 e. The molecule has 2 aromatic rings. The molecule has 7 heteroatoms. The first-order valence-corrected chi connectivity index (χ1v) is 8.52. The molecule has 25 heavy (non-hydrogen) atoms. The molecule has 1 saturated heterocycles. The van der Waals surface area contributed by atoms with Crippen LogP contribution in [0.3, 0.4) is 0 Å². The Labute approximate surface area is 147 Å². The Hall–Kier alpha value is -2.83. The first kappa shape index (κ1) is 17.0. The van der Waals surface area contributed by atoms with Crippen LogP contribution >= 0.6 is 0 Å². The van der Waals surface area contributed by atoms with Gasteiger partial charge in [0.25, 0.3) is 0 Å². The van der Waals surface area contributed by atoms with E-state index in [0.717, 1.165) is 23.4 Å². The number of rotatable bonds is 4. The molecule has 0 saturated carbocycles. The highest BCUT2D eigenvalue weighted by molar-refractivity contribution is 5.90. The van der Waals surface area contributed by atoms with E-state index in [0.29, 0.717) is 19.5 Å². The fourth-order valence-electron chi connectivity index (χ4n) is 3.02. The summed E-state index contributed by atoms with van der Waals surface area (Å²) in [5.41, 5.74) is 2.66. The average molecular weight is 341 g/mol. The van der Waals surface area contributed by atoms with Crippen molar-refractivity contribution in [2.75, 3.05) is 18.4 Å². The molecular weight excluding hydrogens is 318 g/mol. The number of hydrogen-bond donors (Lipinski definition) is 2. The van der Waals surface area contributed by atoms with Crippen molar-refractivity contribution < 1.29 is 9.59 Å². The van der Waals surface area contributed by atoms with Crippen LogP contribution in [-0.2, 0) is 4.79 Å². The Morgan fingerprint density at radius 3 is 2.88 bits per heavy atom. The second-order valence-electron chi connectivity index (χ2n) is 6.23. The van der Waals surface area contributed by atoms with Gasteiger partial charge in [-0.05, 0) is 43.2 Å². The van der Waals surface area contributed by atoms with E-state index >= 15 is 0 Å². The van der Waals surface area contributed by atoms with Crippen molar-refractivity contribution in [3.05, 3.63) is 42.2 Å². The van der Waals surface area contributed by atoms with E-state index in [4.69, 9.17) is 0 Å². The van der Waals surface area contributed by atoms with Crippen LogP contribution in [-0.4, -0.2) is 45.8 Å². The fourth-order valence-corrected chi connectivity index (χ4v) is 3.02. The zero-order chi connectivity index (χ0) is 17.8. The number of carbonyl (C=O) groups is 2. The lowest BCUT2D eigenvalue weighted by atomic mass is 10.2. The molecule has 0 radical (unpaired) electrons. The van der Waals surface area contributed by atoms with E-state index < -0.39 is 0 Å². The normalized spacial score (nSPS) is 16.7. The molecule has 0 bridgehead atoms. The van der Waals surface area contributed by atoms with Gasteiger partial charge < -0.3 is 15.5 Å². The van der Waals surface area contributed by atoms with Crippen molar-refractivity contribution in [3.63, 3.8) is 0 Å². The van der Waals surface area contributed by atoms with E-state index in [2.05, 4.69) is 15.7 Å². The summed E-state index contributed by atoms with van der Waals surface area (Å²) in [6.07, 6.45) is 4.89. The molecule has 1 aromatic heterocycles. The Morgan fingerprint density at radius 1 is 1.36 bits per heavy atom. The van der Waals surface area contributed by atoms with Gasteiger partial charge in [0.05, 0.1) is 5.69 Å². The quantitative estimate of drug-likeness (QED) is 0.896. The number of aromatic nitrogens is 2. The van der Waals surface area contributed by atoms with Crippen molar-refractivity contribution in [3.8, 4) is 5.69 Å². The maximum Gasteiger partial charge on any atom is 0.319 e. The third-order valence-electron chi connectivity index (χ3n) is 4.41. The van der Waals surface area contributed by atoms with Gasteiger partial charge in [0.15, 0.2) is 0 Å². The van der Waals surface area contributed by atoms with Gasteiger partial charge >= 0.3 is 6.03 Å². The van der Waals surface area contributed by atoms with Crippen LogP contribution in [0.4, 0.5) is 10.5 Å². The summed E-state index contributed by atoms with van der Waals surface area (Å²) >= 11 is 0. The standard InChI is InChI=1S/C18H23N5O2/c1-3-17(24)22-10-7-14(12-22)20-18(25)21-16-6-5-15(11-13(16)2)23-9-4-8-19-23/h4-6,8-9,11,14H,3,7,10,12H2,1-2H3,(H2,20,21,25). The van der Waals surface area contributed by atoms with Gasteiger partial charge in [-0.2, -0.15) is 5.10 Å². The van der Waals surface area contributed by atoms with Crippen molar-refractivity contribution >= 4 is 17.6 Å². The highest BCUT2D eigenvalue weighted by atomic mass is 16.2. The number of carbonyl (C=O) groups excluding carboxylic acids is 2. The predicted octanol–water partition coefficient (Wildman–Crippen LogP) is 2.31. The molecule has 2 N–H and O–H groups in total. The lowest BCUT2D eigenvalue weighted by Gasteiger charge is -2.17. The zero-order valence-electron chi connectivity index (χ0n) is 14.5. The SMILES string of the molecule is CCC(=O)N1CCC(NC(=O)Nc2ccc(-n3cccn3)cc2C)C1. The second kappa shape index (κ2) is 7.38. The minimum absolute atomic E-state index is 0.000784. The molecular formula is C18H23N5O2. The van der Waals surface area contributed by atoms with E-state index in [1.807, 2.05) is 44.3 Å². The fraction of sp³-hybridized carbons (Fsp3) is 0.389. The van der Waals surface area contributed by atoms with Gasteiger partial charge in [-0.15, -0.1) is 0 Å². The summed E-state index contributed by atoms with van der Waals surface area (Å²) < 4.78 is 1.77. The maximum absolute atomic E-state index is 12.2.